The zero-order valence-corrected chi connectivity index (χ0v) is 12.8. The molecule has 1 aliphatic heterocycles. The van der Waals surface area contributed by atoms with Crippen LogP contribution in [-0.2, 0) is 13.0 Å². The molecule has 0 radical (unpaired) electrons. The lowest BCUT2D eigenvalue weighted by Crippen LogP contribution is -2.23. The summed E-state index contributed by atoms with van der Waals surface area (Å²) < 4.78 is 0. The molecule has 0 aliphatic carbocycles. The smallest absolute Gasteiger partial charge is 0.0571 e. The highest BCUT2D eigenvalue weighted by Gasteiger charge is 2.15. The SMILES string of the molecule is CNC(C)c1ccc(N2CCCc3ccccc3C2)cn1. The molecule has 1 unspecified atom stereocenters. The van der Waals surface area contributed by atoms with Crippen molar-refractivity contribution in [3.05, 3.63) is 59.4 Å². The third-order valence-electron chi connectivity index (χ3n) is 4.37. The third kappa shape index (κ3) is 3.08. The fourth-order valence-electron chi connectivity index (χ4n) is 2.91. The molecule has 0 amide bonds. The van der Waals surface area contributed by atoms with Crippen molar-refractivity contribution in [1.82, 2.24) is 10.3 Å². The molecule has 110 valence electrons. The number of hydrogen-bond acceptors (Lipinski definition) is 3. The van der Waals surface area contributed by atoms with Crippen LogP contribution in [0.15, 0.2) is 42.6 Å². The van der Waals surface area contributed by atoms with Crippen LogP contribution in [0.4, 0.5) is 5.69 Å². The Kier molecular flexibility index (Phi) is 4.20. The van der Waals surface area contributed by atoms with E-state index in [9.17, 15) is 0 Å². The van der Waals surface area contributed by atoms with Crippen LogP contribution in [0.5, 0.6) is 0 Å². The average Bonchev–Trinajstić information content (AvgIpc) is 2.76. The second-order valence-corrected chi connectivity index (χ2v) is 5.75. The molecule has 3 nitrogen and oxygen atoms in total. The molecule has 21 heavy (non-hydrogen) atoms. The summed E-state index contributed by atoms with van der Waals surface area (Å²) in [5.74, 6) is 0. The fraction of sp³-hybridized carbons (Fsp3) is 0.389. The zero-order valence-electron chi connectivity index (χ0n) is 12.8. The number of nitrogens with one attached hydrogen (secondary N) is 1. The van der Waals surface area contributed by atoms with Crippen molar-refractivity contribution in [1.29, 1.82) is 0 Å². The summed E-state index contributed by atoms with van der Waals surface area (Å²) in [6, 6.07) is 13.4. The standard InChI is InChI=1S/C18H23N3/c1-14(19-2)18-10-9-17(12-20-18)21-11-5-8-15-6-3-4-7-16(15)13-21/h3-4,6-7,9-10,12,14,19H,5,8,11,13H2,1-2H3. The molecule has 2 heterocycles. The van der Waals surface area contributed by atoms with Gasteiger partial charge in [0.15, 0.2) is 0 Å². The number of fused-ring (bicyclic) bond motifs is 1. The van der Waals surface area contributed by atoms with E-state index in [4.69, 9.17) is 0 Å². The Morgan fingerprint density at radius 2 is 1.95 bits per heavy atom. The molecule has 0 fully saturated rings. The van der Waals surface area contributed by atoms with Crippen LogP contribution in [-0.4, -0.2) is 18.6 Å². The summed E-state index contributed by atoms with van der Waals surface area (Å²) in [5, 5.41) is 3.23. The van der Waals surface area contributed by atoms with Gasteiger partial charge < -0.3 is 10.2 Å². The summed E-state index contributed by atoms with van der Waals surface area (Å²) in [4.78, 5) is 7.04. The summed E-state index contributed by atoms with van der Waals surface area (Å²) in [6.45, 7) is 4.21. The second-order valence-electron chi connectivity index (χ2n) is 5.75. The summed E-state index contributed by atoms with van der Waals surface area (Å²) in [6.07, 6.45) is 4.39. The lowest BCUT2D eigenvalue weighted by molar-refractivity contribution is 0.632. The highest BCUT2D eigenvalue weighted by Crippen LogP contribution is 2.24. The first-order chi connectivity index (χ1) is 10.3. The predicted octanol–water partition coefficient (Wildman–Crippen LogP) is 3.31. The lowest BCUT2D eigenvalue weighted by Gasteiger charge is -2.23. The van der Waals surface area contributed by atoms with Gasteiger partial charge in [-0.2, -0.15) is 0 Å². The normalized spacial score (nSPS) is 16.2. The Hall–Kier alpha value is -1.87. The first kappa shape index (κ1) is 14.1. The molecule has 2 aromatic rings. The van der Waals surface area contributed by atoms with E-state index in [0.29, 0.717) is 6.04 Å². The van der Waals surface area contributed by atoms with Gasteiger partial charge in [-0.25, -0.2) is 0 Å². The van der Waals surface area contributed by atoms with Crippen LogP contribution in [0.25, 0.3) is 0 Å². The van der Waals surface area contributed by atoms with Gasteiger partial charge in [0, 0.05) is 19.1 Å². The number of rotatable bonds is 3. The van der Waals surface area contributed by atoms with E-state index in [2.05, 4.69) is 58.5 Å². The minimum absolute atomic E-state index is 0.295. The predicted molar refractivity (Wildman–Crippen MR) is 87.5 cm³/mol. The maximum Gasteiger partial charge on any atom is 0.0571 e. The molecule has 1 aliphatic rings. The highest BCUT2D eigenvalue weighted by atomic mass is 15.1. The maximum absolute atomic E-state index is 4.61. The Morgan fingerprint density at radius 1 is 1.14 bits per heavy atom. The van der Waals surface area contributed by atoms with E-state index >= 15 is 0 Å². The van der Waals surface area contributed by atoms with Gasteiger partial charge in [0.25, 0.3) is 0 Å². The third-order valence-corrected chi connectivity index (χ3v) is 4.37. The van der Waals surface area contributed by atoms with E-state index in [1.54, 1.807) is 0 Å². The van der Waals surface area contributed by atoms with E-state index in [1.807, 2.05) is 13.2 Å². The van der Waals surface area contributed by atoms with E-state index in [0.717, 1.165) is 18.8 Å². The molecule has 0 saturated carbocycles. The van der Waals surface area contributed by atoms with Crippen molar-refractivity contribution >= 4 is 5.69 Å². The van der Waals surface area contributed by atoms with Crippen LogP contribution in [0.2, 0.25) is 0 Å². The number of pyridine rings is 1. The Bertz CT molecular complexity index is 592. The van der Waals surface area contributed by atoms with Crippen molar-refractivity contribution in [3.8, 4) is 0 Å². The summed E-state index contributed by atoms with van der Waals surface area (Å²) >= 11 is 0. The van der Waals surface area contributed by atoms with Gasteiger partial charge in [-0.1, -0.05) is 24.3 Å². The van der Waals surface area contributed by atoms with Crippen LogP contribution >= 0.6 is 0 Å². The van der Waals surface area contributed by atoms with Crippen LogP contribution in [0.1, 0.15) is 36.2 Å². The zero-order chi connectivity index (χ0) is 14.7. The van der Waals surface area contributed by atoms with Crippen molar-refractivity contribution in [2.45, 2.75) is 32.4 Å². The van der Waals surface area contributed by atoms with Crippen molar-refractivity contribution < 1.29 is 0 Å². The monoisotopic (exact) mass is 281 g/mol. The van der Waals surface area contributed by atoms with E-state index in [-0.39, 0.29) is 0 Å². The number of aromatic nitrogens is 1. The van der Waals surface area contributed by atoms with Gasteiger partial charge in [0.05, 0.1) is 17.6 Å². The molecule has 0 bridgehead atoms. The Balaban J connectivity index is 1.81. The lowest BCUT2D eigenvalue weighted by atomic mass is 10.0. The second kappa shape index (κ2) is 6.27. The van der Waals surface area contributed by atoms with E-state index < -0.39 is 0 Å². The molecule has 0 saturated heterocycles. The highest BCUT2D eigenvalue weighted by molar-refractivity contribution is 5.47. The number of anilines is 1. The van der Waals surface area contributed by atoms with E-state index in [1.165, 1.54) is 29.7 Å². The molecule has 3 heteroatoms. The van der Waals surface area contributed by atoms with Crippen molar-refractivity contribution in [2.75, 3.05) is 18.5 Å². The minimum atomic E-state index is 0.295. The number of aryl methyl sites for hydroxylation is 1. The number of nitrogens with zero attached hydrogens (tertiary/aromatic N) is 2. The molecule has 1 aromatic carbocycles. The maximum atomic E-state index is 4.61. The molecule has 3 rings (SSSR count). The van der Waals surface area contributed by atoms with Crippen molar-refractivity contribution in [2.24, 2.45) is 0 Å². The van der Waals surface area contributed by atoms with Crippen LogP contribution in [0.3, 0.4) is 0 Å². The van der Waals surface area contributed by atoms with Crippen molar-refractivity contribution in [3.63, 3.8) is 0 Å². The number of benzene rings is 1. The van der Waals surface area contributed by atoms with Crippen LogP contribution < -0.4 is 10.2 Å². The summed E-state index contributed by atoms with van der Waals surface area (Å²) in [5.41, 5.74) is 5.26. The first-order valence-electron chi connectivity index (χ1n) is 7.73. The molecular formula is C18H23N3. The van der Waals surface area contributed by atoms with Crippen LogP contribution in [0, 0.1) is 0 Å². The van der Waals surface area contributed by atoms with Gasteiger partial charge in [0.1, 0.15) is 0 Å². The minimum Gasteiger partial charge on any atom is -0.366 e. The summed E-state index contributed by atoms with van der Waals surface area (Å²) in [7, 11) is 1.96. The largest absolute Gasteiger partial charge is 0.366 e. The molecule has 1 aromatic heterocycles. The molecule has 1 atom stereocenters. The van der Waals surface area contributed by atoms with Gasteiger partial charge in [-0.05, 0) is 50.1 Å². The molecular weight excluding hydrogens is 258 g/mol. The number of hydrogen-bond donors (Lipinski definition) is 1. The topological polar surface area (TPSA) is 28.2 Å². The van der Waals surface area contributed by atoms with Gasteiger partial charge in [-0.15, -0.1) is 0 Å². The quantitative estimate of drug-likeness (QED) is 0.935. The fourth-order valence-corrected chi connectivity index (χ4v) is 2.91. The first-order valence-corrected chi connectivity index (χ1v) is 7.73. The van der Waals surface area contributed by atoms with Gasteiger partial charge >= 0.3 is 0 Å². The average molecular weight is 281 g/mol. The Labute approximate surface area is 127 Å². The molecule has 0 spiro atoms. The Morgan fingerprint density at radius 3 is 2.67 bits per heavy atom. The van der Waals surface area contributed by atoms with Gasteiger partial charge in [-0.3, -0.25) is 4.98 Å². The molecule has 1 N–H and O–H groups in total. The van der Waals surface area contributed by atoms with Gasteiger partial charge in [0.2, 0.25) is 0 Å².